The third kappa shape index (κ3) is 6.92. The molecule has 1 aromatic rings. The van der Waals surface area contributed by atoms with E-state index in [0.717, 1.165) is 58.3 Å². The molecule has 0 aromatic heterocycles. The van der Waals surface area contributed by atoms with Gasteiger partial charge in [-0.3, -0.25) is 14.7 Å². The number of hydrogen-bond donors (Lipinski definition) is 1. The van der Waals surface area contributed by atoms with Crippen molar-refractivity contribution in [1.82, 2.24) is 20.0 Å². The third-order valence-corrected chi connectivity index (χ3v) is 5.21. The Morgan fingerprint density at radius 3 is 2.14 bits per heavy atom. The molecule has 28 heavy (non-hydrogen) atoms. The minimum Gasteiger partial charge on any atom is -0.357 e. The van der Waals surface area contributed by atoms with Gasteiger partial charge in [-0.1, -0.05) is 44.2 Å². The Kier molecular flexibility index (Phi) is 11.4. The molecule has 1 aromatic carbocycles. The van der Waals surface area contributed by atoms with Gasteiger partial charge in [0.15, 0.2) is 5.96 Å². The van der Waals surface area contributed by atoms with E-state index in [1.165, 1.54) is 5.56 Å². The lowest BCUT2D eigenvalue weighted by Gasteiger charge is -2.36. The topological polar surface area (TPSA) is 51.2 Å². The van der Waals surface area contributed by atoms with Crippen LogP contribution in [-0.2, 0) is 4.79 Å². The first-order valence-electron chi connectivity index (χ1n) is 10.2. The Balaban J connectivity index is 0.00000392. The second-order valence-electron chi connectivity index (χ2n) is 6.84. The number of benzene rings is 1. The predicted molar refractivity (Wildman–Crippen MR) is 127 cm³/mol. The van der Waals surface area contributed by atoms with Gasteiger partial charge in [0, 0.05) is 39.6 Å². The summed E-state index contributed by atoms with van der Waals surface area (Å²) in [6.07, 6.45) is 0. The summed E-state index contributed by atoms with van der Waals surface area (Å²) in [5, 5.41) is 3.43. The summed E-state index contributed by atoms with van der Waals surface area (Å²) in [5.74, 6) is 1.11. The number of guanidine groups is 1. The van der Waals surface area contributed by atoms with Crippen LogP contribution < -0.4 is 5.32 Å². The quantitative estimate of drug-likeness (QED) is 0.355. The summed E-state index contributed by atoms with van der Waals surface area (Å²) in [4.78, 5) is 23.2. The van der Waals surface area contributed by atoms with Crippen LogP contribution in [0.3, 0.4) is 0 Å². The van der Waals surface area contributed by atoms with Gasteiger partial charge in [-0.05, 0) is 25.6 Å². The maximum Gasteiger partial charge on any atom is 0.219 e. The maximum absolute atomic E-state index is 11.6. The van der Waals surface area contributed by atoms with Crippen molar-refractivity contribution in [2.24, 2.45) is 4.99 Å². The number of piperazine rings is 1. The molecule has 1 aliphatic heterocycles. The summed E-state index contributed by atoms with van der Waals surface area (Å²) in [7, 11) is 0. The molecule has 0 spiro atoms. The molecular formula is C21H36IN5O. The van der Waals surface area contributed by atoms with Gasteiger partial charge in [0.25, 0.3) is 0 Å². The SMILES string of the molecule is CCNC(=NCC(c1ccccc1)N(CC)CC)N1CCN(C(C)=O)CC1.I. The van der Waals surface area contributed by atoms with E-state index in [2.05, 4.69) is 66.2 Å². The molecule has 2 rings (SSSR count). The van der Waals surface area contributed by atoms with E-state index in [4.69, 9.17) is 4.99 Å². The van der Waals surface area contributed by atoms with Gasteiger partial charge >= 0.3 is 0 Å². The second-order valence-corrected chi connectivity index (χ2v) is 6.84. The number of carbonyl (C=O) groups is 1. The van der Waals surface area contributed by atoms with Crippen LogP contribution in [0.15, 0.2) is 35.3 Å². The molecule has 1 saturated heterocycles. The predicted octanol–water partition coefficient (Wildman–Crippen LogP) is 2.82. The lowest BCUT2D eigenvalue weighted by Crippen LogP contribution is -2.53. The number of aliphatic imine (C=N–C) groups is 1. The van der Waals surface area contributed by atoms with Crippen LogP contribution in [0.2, 0.25) is 0 Å². The van der Waals surface area contributed by atoms with Crippen LogP contribution in [0.5, 0.6) is 0 Å². The van der Waals surface area contributed by atoms with Gasteiger partial charge in [0.1, 0.15) is 0 Å². The van der Waals surface area contributed by atoms with E-state index in [-0.39, 0.29) is 35.9 Å². The first-order valence-corrected chi connectivity index (χ1v) is 10.2. The Morgan fingerprint density at radius 2 is 1.64 bits per heavy atom. The maximum atomic E-state index is 11.6. The first kappa shape index (κ1) is 24.7. The Bertz CT molecular complexity index is 598. The number of hydrogen-bond acceptors (Lipinski definition) is 3. The molecule has 7 heteroatoms. The molecule has 6 nitrogen and oxygen atoms in total. The van der Waals surface area contributed by atoms with E-state index >= 15 is 0 Å². The highest BCUT2D eigenvalue weighted by Gasteiger charge is 2.22. The van der Waals surface area contributed by atoms with E-state index in [0.29, 0.717) is 0 Å². The highest BCUT2D eigenvalue weighted by molar-refractivity contribution is 14.0. The largest absolute Gasteiger partial charge is 0.357 e. The highest BCUT2D eigenvalue weighted by Crippen LogP contribution is 2.21. The fraction of sp³-hybridized carbons (Fsp3) is 0.619. The van der Waals surface area contributed by atoms with Crippen LogP contribution in [0.25, 0.3) is 0 Å². The molecular weight excluding hydrogens is 465 g/mol. The summed E-state index contributed by atoms with van der Waals surface area (Å²) >= 11 is 0. The van der Waals surface area contributed by atoms with Crippen molar-refractivity contribution in [3.8, 4) is 0 Å². The summed E-state index contributed by atoms with van der Waals surface area (Å²) in [6.45, 7) is 14.9. The van der Waals surface area contributed by atoms with Crippen LogP contribution in [0.4, 0.5) is 0 Å². The van der Waals surface area contributed by atoms with Gasteiger partial charge in [-0.2, -0.15) is 0 Å². The molecule has 158 valence electrons. The van der Waals surface area contributed by atoms with Crippen LogP contribution in [-0.4, -0.2) is 78.9 Å². The molecule has 1 N–H and O–H groups in total. The monoisotopic (exact) mass is 501 g/mol. The number of rotatable bonds is 7. The zero-order valence-electron chi connectivity index (χ0n) is 17.7. The highest BCUT2D eigenvalue weighted by atomic mass is 127. The molecule has 1 unspecified atom stereocenters. The van der Waals surface area contributed by atoms with Crippen molar-refractivity contribution in [3.63, 3.8) is 0 Å². The van der Waals surface area contributed by atoms with Crippen molar-refractivity contribution in [3.05, 3.63) is 35.9 Å². The fourth-order valence-electron chi connectivity index (χ4n) is 3.60. The molecule has 0 bridgehead atoms. The van der Waals surface area contributed by atoms with Crippen molar-refractivity contribution in [2.45, 2.75) is 33.7 Å². The van der Waals surface area contributed by atoms with Crippen LogP contribution >= 0.6 is 24.0 Å². The smallest absolute Gasteiger partial charge is 0.219 e. The molecule has 1 amide bonds. The molecule has 1 atom stereocenters. The number of amides is 1. The molecule has 1 heterocycles. The van der Waals surface area contributed by atoms with Crippen molar-refractivity contribution >= 4 is 35.8 Å². The van der Waals surface area contributed by atoms with E-state index < -0.39 is 0 Å². The van der Waals surface area contributed by atoms with E-state index in [1.807, 2.05) is 4.90 Å². The zero-order chi connectivity index (χ0) is 19.6. The van der Waals surface area contributed by atoms with Gasteiger partial charge in [0.05, 0.1) is 12.6 Å². The lowest BCUT2D eigenvalue weighted by molar-refractivity contribution is -0.130. The second kappa shape index (κ2) is 13.0. The van der Waals surface area contributed by atoms with Gasteiger partial charge in [-0.15, -0.1) is 24.0 Å². The number of nitrogens with one attached hydrogen (secondary N) is 1. The average molecular weight is 501 g/mol. The van der Waals surface area contributed by atoms with Gasteiger partial charge in [0.2, 0.25) is 5.91 Å². The summed E-state index contributed by atoms with van der Waals surface area (Å²) in [5.41, 5.74) is 1.31. The standard InChI is InChI=1S/C21H35N5O.HI/c1-5-22-21(26-15-13-25(14-16-26)18(4)27)23-17-20(24(6-2)7-3)19-11-9-8-10-12-19;/h8-12,20H,5-7,13-17H2,1-4H3,(H,22,23);1H. The van der Waals surface area contributed by atoms with E-state index in [1.54, 1.807) is 6.92 Å². The third-order valence-electron chi connectivity index (χ3n) is 5.21. The average Bonchev–Trinajstić information content (AvgIpc) is 2.71. The van der Waals surface area contributed by atoms with Crippen LogP contribution in [0.1, 0.15) is 39.3 Å². The van der Waals surface area contributed by atoms with Crippen molar-refractivity contribution < 1.29 is 4.79 Å². The molecule has 1 fully saturated rings. The minimum absolute atomic E-state index is 0. The summed E-state index contributed by atoms with van der Waals surface area (Å²) in [6, 6.07) is 10.9. The molecule has 0 radical (unpaired) electrons. The zero-order valence-corrected chi connectivity index (χ0v) is 20.1. The van der Waals surface area contributed by atoms with Crippen molar-refractivity contribution in [1.29, 1.82) is 0 Å². The molecule has 1 aliphatic rings. The van der Waals surface area contributed by atoms with Gasteiger partial charge < -0.3 is 15.1 Å². The number of nitrogens with zero attached hydrogens (tertiary/aromatic N) is 4. The van der Waals surface area contributed by atoms with Gasteiger partial charge in [-0.25, -0.2) is 0 Å². The Hall–Kier alpha value is -1.35. The lowest BCUT2D eigenvalue weighted by atomic mass is 10.1. The minimum atomic E-state index is 0. The number of carbonyl (C=O) groups excluding carboxylic acids is 1. The fourth-order valence-corrected chi connectivity index (χ4v) is 3.60. The molecule has 0 saturated carbocycles. The van der Waals surface area contributed by atoms with Crippen molar-refractivity contribution in [2.75, 3.05) is 52.4 Å². The Labute approximate surface area is 187 Å². The Morgan fingerprint density at radius 1 is 1.07 bits per heavy atom. The number of likely N-dealkylation sites (N-methyl/N-ethyl adjacent to an activating group) is 1. The van der Waals surface area contributed by atoms with E-state index in [9.17, 15) is 4.79 Å². The van der Waals surface area contributed by atoms with Crippen LogP contribution in [0, 0.1) is 0 Å². The molecule has 0 aliphatic carbocycles. The number of halogens is 1. The first-order chi connectivity index (χ1) is 13.1. The normalized spacial score (nSPS) is 16.0. The summed E-state index contributed by atoms with van der Waals surface area (Å²) < 4.78 is 0.